The minimum atomic E-state index is 0.217. The van der Waals surface area contributed by atoms with E-state index < -0.39 is 0 Å². The highest BCUT2D eigenvalue weighted by molar-refractivity contribution is 5.79. The number of benzene rings is 1. The highest BCUT2D eigenvalue weighted by Gasteiger charge is 2.30. The summed E-state index contributed by atoms with van der Waals surface area (Å²) >= 11 is 0. The Morgan fingerprint density at radius 2 is 1.77 bits per heavy atom. The molecule has 2 saturated heterocycles. The number of piperazine rings is 1. The molecule has 144 valence electrons. The molecule has 3 rings (SSSR count). The van der Waals surface area contributed by atoms with Gasteiger partial charge in [0.25, 0.3) is 0 Å². The summed E-state index contributed by atoms with van der Waals surface area (Å²) in [6.45, 7) is 12.8. The number of hydrogen-bond donors (Lipinski definition) is 0. The van der Waals surface area contributed by atoms with Crippen LogP contribution in [0.5, 0.6) is 5.75 Å². The molecule has 0 aromatic heterocycles. The molecule has 2 aliphatic rings. The van der Waals surface area contributed by atoms with Crippen molar-refractivity contribution in [2.75, 3.05) is 52.4 Å². The Balaban J connectivity index is 1.45. The van der Waals surface area contributed by atoms with Gasteiger partial charge in [-0.25, -0.2) is 0 Å². The van der Waals surface area contributed by atoms with Gasteiger partial charge in [-0.1, -0.05) is 19.1 Å². The Kier molecular flexibility index (Phi) is 6.92. The number of carbonyl (C=O) groups excluding carboxylic acids is 1. The molecule has 1 amide bonds. The largest absolute Gasteiger partial charge is 0.494 e. The SMILES string of the molecule is CCOc1cccc(CN2CCC(C(=O)N3CCN(CC)CC3)CC2)c1. The summed E-state index contributed by atoms with van der Waals surface area (Å²) in [5.41, 5.74) is 1.29. The number of likely N-dealkylation sites (N-methyl/N-ethyl adjacent to an activating group) is 1. The molecule has 26 heavy (non-hydrogen) atoms. The fourth-order valence-corrected chi connectivity index (χ4v) is 4.04. The van der Waals surface area contributed by atoms with Crippen molar-refractivity contribution in [3.05, 3.63) is 29.8 Å². The number of rotatable bonds is 6. The topological polar surface area (TPSA) is 36.0 Å². The predicted molar refractivity (Wildman–Crippen MR) is 104 cm³/mol. The van der Waals surface area contributed by atoms with Crippen LogP contribution in [0.3, 0.4) is 0 Å². The van der Waals surface area contributed by atoms with E-state index in [-0.39, 0.29) is 5.92 Å². The lowest BCUT2D eigenvalue weighted by Crippen LogP contribution is -2.51. The molecule has 2 fully saturated rings. The Labute approximate surface area is 157 Å². The van der Waals surface area contributed by atoms with E-state index in [0.717, 1.165) is 70.9 Å². The first-order valence-corrected chi connectivity index (χ1v) is 10.1. The van der Waals surface area contributed by atoms with Gasteiger partial charge < -0.3 is 14.5 Å². The van der Waals surface area contributed by atoms with E-state index in [1.54, 1.807) is 0 Å². The molecule has 0 N–H and O–H groups in total. The Bertz CT molecular complexity index is 576. The molecule has 0 saturated carbocycles. The molecule has 2 aliphatic heterocycles. The van der Waals surface area contributed by atoms with Crippen molar-refractivity contribution in [2.45, 2.75) is 33.2 Å². The van der Waals surface area contributed by atoms with E-state index in [1.807, 2.05) is 13.0 Å². The van der Waals surface area contributed by atoms with Gasteiger partial charge in [0.2, 0.25) is 5.91 Å². The van der Waals surface area contributed by atoms with Crippen LogP contribution >= 0.6 is 0 Å². The van der Waals surface area contributed by atoms with Crippen LogP contribution in [0.4, 0.5) is 0 Å². The number of hydrogen-bond acceptors (Lipinski definition) is 4. The van der Waals surface area contributed by atoms with Gasteiger partial charge in [0.05, 0.1) is 6.61 Å². The summed E-state index contributed by atoms with van der Waals surface area (Å²) in [5, 5.41) is 0. The zero-order valence-corrected chi connectivity index (χ0v) is 16.3. The van der Waals surface area contributed by atoms with Crippen LogP contribution in [0.15, 0.2) is 24.3 Å². The van der Waals surface area contributed by atoms with Gasteiger partial charge >= 0.3 is 0 Å². The average molecular weight is 360 g/mol. The maximum absolute atomic E-state index is 12.8. The number of ether oxygens (including phenoxy) is 1. The second-order valence-corrected chi connectivity index (χ2v) is 7.39. The fraction of sp³-hybridized carbons (Fsp3) is 0.667. The van der Waals surface area contributed by atoms with Gasteiger partial charge in [0.1, 0.15) is 5.75 Å². The van der Waals surface area contributed by atoms with E-state index in [9.17, 15) is 4.79 Å². The zero-order chi connectivity index (χ0) is 18.4. The molecule has 0 aliphatic carbocycles. The summed E-state index contributed by atoms with van der Waals surface area (Å²) in [6.07, 6.45) is 1.97. The highest BCUT2D eigenvalue weighted by Crippen LogP contribution is 2.23. The molecule has 0 spiro atoms. The monoisotopic (exact) mass is 359 g/mol. The Morgan fingerprint density at radius 3 is 2.42 bits per heavy atom. The van der Waals surface area contributed by atoms with Gasteiger partial charge in [-0.3, -0.25) is 9.69 Å². The minimum absolute atomic E-state index is 0.217. The van der Waals surface area contributed by atoms with Crippen molar-refractivity contribution >= 4 is 5.91 Å². The van der Waals surface area contributed by atoms with Crippen LogP contribution in [0.1, 0.15) is 32.3 Å². The van der Waals surface area contributed by atoms with Crippen molar-refractivity contribution in [1.29, 1.82) is 0 Å². The van der Waals surface area contributed by atoms with E-state index in [2.05, 4.69) is 39.8 Å². The Hall–Kier alpha value is -1.59. The average Bonchev–Trinajstić information content (AvgIpc) is 2.69. The summed E-state index contributed by atoms with van der Waals surface area (Å²) in [6, 6.07) is 8.36. The quantitative estimate of drug-likeness (QED) is 0.782. The molecule has 0 radical (unpaired) electrons. The van der Waals surface area contributed by atoms with Gasteiger partial charge in [0, 0.05) is 38.6 Å². The van der Waals surface area contributed by atoms with Crippen LogP contribution in [0.2, 0.25) is 0 Å². The number of likely N-dealkylation sites (tertiary alicyclic amines) is 1. The molecule has 1 aromatic carbocycles. The molecule has 0 atom stereocenters. The van der Waals surface area contributed by atoms with Crippen LogP contribution in [0.25, 0.3) is 0 Å². The summed E-state index contributed by atoms with van der Waals surface area (Å²) in [7, 11) is 0. The van der Waals surface area contributed by atoms with E-state index in [1.165, 1.54) is 5.56 Å². The standard InChI is InChI=1S/C21H33N3O2/c1-3-22-12-14-24(15-13-22)21(25)19-8-10-23(11-9-19)17-18-6-5-7-20(16-18)26-4-2/h5-7,16,19H,3-4,8-15,17H2,1-2H3. The molecule has 0 unspecified atom stereocenters. The first kappa shape index (κ1) is 19.2. The minimum Gasteiger partial charge on any atom is -0.494 e. The van der Waals surface area contributed by atoms with Crippen LogP contribution in [-0.4, -0.2) is 73.0 Å². The van der Waals surface area contributed by atoms with Crippen molar-refractivity contribution < 1.29 is 9.53 Å². The first-order valence-electron chi connectivity index (χ1n) is 10.1. The lowest BCUT2D eigenvalue weighted by molar-refractivity contribution is -0.138. The highest BCUT2D eigenvalue weighted by atomic mass is 16.5. The molecule has 5 heteroatoms. The zero-order valence-electron chi connectivity index (χ0n) is 16.3. The predicted octanol–water partition coefficient (Wildman–Crippen LogP) is 2.46. The smallest absolute Gasteiger partial charge is 0.225 e. The normalized spacial score (nSPS) is 20.3. The van der Waals surface area contributed by atoms with E-state index >= 15 is 0 Å². The van der Waals surface area contributed by atoms with Crippen LogP contribution in [0, 0.1) is 5.92 Å². The number of carbonyl (C=O) groups is 1. The maximum atomic E-state index is 12.8. The van der Waals surface area contributed by atoms with Gasteiger partial charge in [-0.15, -0.1) is 0 Å². The van der Waals surface area contributed by atoms with Crippen molar-refractivity contribution in [3.8, 4) is 5.75 Å². The lowest BCUT2D eigenvalue weighted by Gasteiger charge is -2.38. The molecular weight excluding hydrogens is 326 g/mol. The Morgan fingerprint density at radius 1 is 1.04 bits per heavy atom. The summed E-state index contributed by atoms with van der Waals surface area (Å²) in [4.78, 5) is 19.8. The maximum Gasteiger partial charge on any atom is 0.225 e. The van der Waals surface area contributed by atoms with Crippen LogP contribution < -0.4 is 4.74 Å². The summed E-state index contributed by atoms with van der Waals surface area (Å²) in [5.74, 6) is 1.55. The van der Waals surface area contributed by atoms with Crippen LogP contribution in [-0.2, 0) is 11.3 Å². The third-order valence-electron chi connectivity index (χ3n) is 5.68. The lowest BCUT2D eigenvalue weighted by atomic mass is 9.94. The number of nitrogens with zero attached hydrogens (tertiary/aromatic N) is 3. The summed E-state index contributed by atoms with van der Waals surface area (Å²) < 4.78 is 5.59. The molecular formula is C21H33N3O2. The fourth-order valence-electron chi connectivity index (χ4n) is 4.04. The van der Waals surface area contributed by atoms with Gasteiger partial charge in [-0.05, 0) is 57.1 Å². The number of piperidine rings is 1. The molecule has 2 heterocycles. The second-order valence-electron chi connectivity index (χ2n) is 7.39. The van der Waals surface area contributed by atoms with Crippen molar-refractivity contribution in [3.63, 3.8) is 0 Å². The van der Waals surface area contributed by atoms with Crippen molar-refractivity contribution in [1.82, 2.24) is 14.7 Å². The molecule has 0 bridgehead atoms. The first-order chi connectivity index (χ1) is 12.7. The van der Waals surface area contributed by atoms with E-state index in [4.69, 9.17) is 4.74 Å². The van der Waals surface area contributed by atoms with E-state index in [0.29, 0.717) is 12.5 Å². The van der Waals surface area contributed by atoms with Gasteiger partial charge in [0.15, 0.2) is 0 Å². The molecule has 1 aromatic rings. The second kappa shape index (κ2) is 9.38. The van der Waals surface area contributed by atoms with Gasteiger partial charge in [-0.2, -0.15) is 0 Å². The number of amides is 1. The molecule has 5 nitrogen and oxygen atoms in total. The third kappa shape index (κ3) is 4.98. The third-order valence-corrected chi connectivity index (χ3v) is 5.68. The van der Waals surface area contributed by atoms with Crippen molar-refractivity contribution in [2.24, 2.45) is 5.92 Å².